The molecule has 0 radical (unpaired) electrons. The number of ether oxygens (including phenoxy) is 1. The van der Waals surface area contributed by atoms with Gasteiger partial charge in [0.1, 0.15) is 0 Å². The van der Waals surface area contributed by atoms with Crippen molar-refractivity contribution in [3.8, 4) is 0 Å². The number of aryl methyl sites for hydroxylation is 2. The predicted molar refractivity (Wildman–Crippen MR) is 74.7 cm³/mol. The van der Waals surface area contributed by atoms with Gasteiger partial charge in [-0.3, -0.25) is 0 Å². The Labute approximate surface area is 110 Å². The van der Waals surface area contributed by atoms with Crippen LogP contribution in [-0.2, 0) is 4.74 Å². The molecule has 1 aromatic carbocycles. The summed E-state index contributed by atoms with van der Waals surface area (Å²) in [4.78, 5) is 2.27. The van der Waals surface area contributed by atoms with Crippen molar-refractivity contribution < 1.29 is 4.74 Å². The molecule has 1 aromatic rings. The lowest BCUT2D eigenvalue weighted by atomic mass is 9.73. The largest absolute Gasteiger partial charge is 0.380 e. The Morgan fingerprint density at radius 3 is 2.44 bits per heavy atom. The van der Waals surface area contributed by atoms with Crippen LogP contribution >= 0.6 is 0 Å². The van der Waals surface area contributed by atoms with Crippen LogP contribution in [0, 0.1) is 19.3 Å². The fraction of sp³-hybridized carbons (Fsp3) is 0.600. The van der Waals surface area contributed by atoms with E-state index in [1.54, 1.807) is 0 Å². The van der Waals surface area contributed by atoms with Crippen LogP contribution in [0.25, 0.3) is 0 Å². The van der Waals surface area contributed by atoms with Gasteiger partial charge in [-0.25, -0.2) is 0 Å². The maximum atomic E-state index is 6.03. The van der Waals surface area contributed by atoms with E-state index in [1.165, 1.54) is 16.7 Å². The lowest BCUT2D eigenvalue weighted by Crippen LogP contribution is -2.56. The SMILES string of the molecule is Cc1ccc(C)c(C(N(C)C)C2(CN)COC2)c1. The molecule has 0 saturated carbocycles. The first-order valence-corrected chi connectivity index (χ1v) is 6.51. The van der Waals surface area contributed by atoms with E-state index in [0.29, 0.717) is 12.6 Å². The zero-order chi connectivity index (χ0) is 13.3. The van der Waals surface area contributed by atoms with E-state index in [0.717, 1.165) is 13.2 Å². The molecule has 1 heterocycles. The molecule has 2 rings (SSSR count). The molecule has 0 aliphatic carbocycles. The molecule has 0 bridgehead atoms. The molecule has 1 aliphatic heterocycles. The van der Waals surface area contributed by atoms with Gasteiger partial charge in [-0.15, -0.1) is 0 Å². The van der Waals surface area contributed by atoms with E-state index in [4.69, 9.17) is 10.5 Å². The second kappa shape index (κ2) is 5.00. The highest BCUT2D eigenvalue weighted by atomic mass is 16.5. The third-order valence-corrected chi connectivity index (χ3v) is 4.01. The Bertz CT molecular complexity index is 419. The van der Waals surface area contributed by atoms with Crippen LogP contribution in [0.15, 0.2) is 18.2 Å². The average Bonchev–Trinajstić information content (AvgIpc) is 2.26. The van der Waals surface area contributed by atoms with Crippen molar-refractivity contribution in [1.29, 1.82) is 0 Å². The first kappa shape index (κ1) is 13.5. The Kier molecular flexibility index (Phi) is 3.76. The van der Waals surface area contributed by atoms with Gasteiger partial charge >= 0.3 is 0 Å². The third kappa shape index (κ3) is 2.18. The minimum absolute atomic E-state index is 0.0715. The first-order valence-electron chi connectivity index (χ1n) is 6.51. The average molecular weight is 248 g/mol. The maximum absolute atomic E-state index is 6.03. The molecule has 0 amide bonds. The van der Waals surface area contributed by atoms with Gasteiger partial charge in [0.15, 0.2) is 0 Å². The quantitative estimate of drug-likeness (QED) is 0.884. The number of rotatable bonds is 4. The van der Waals surface area contributed by atoms with Crippen molar-refractivity contribution >= 4 is 0 Å². The van der Waals surface area contributed by atoms with Gasteiger partial charge in [0.25, 0.3) is 0 Å². The van der Waals surface area contributed by atoms with Crippen molar-refractivity contribution in [1.82, 2.24) is 4.90 Å². The fourth-order valence-corrected chi connectivity index (χ4v) is 2.96. The molecule has 100 valence electrons. The summed E-state index contributed by atoms with van der Waals surface area (Å²) >= 11 is 0. The number of benzene rings is 1. The highest BCUT2D eigenvalue weighted by Gasteiger charge is 2.46. The van der Waals surface area contributed by atoms with Crippen LogP contribution in [0.2, 0.25) is 0 Å². The highest BCUT2D eigenvalue weighted by molar-refractivity contribution is 5.35. The van der Waals surface area contributed by atoms with Crippen LogP contribution in [0.1, 0.15) is 22.7 Å². The highest BCUT2D eigenvalue weighted by Crippen LogP contribution is 2.43. The predicted octanol–water partition coefficient (Wildman–Crippen LogP) is 1.88. The van der Waals surface area contributed by atoms with Gasteiger partial charge < -0.3 is 15.4 Å². The van der Waals surface area contributed by atoms with Crippen LogP contribution < -0.4 is 5.73 Å². The summed E-state index contributed by atoms with van der Waals surface area (Å²) in [5.74, 6) is 0. The van der Waals surface area contributed by atoms with E-state index in [2.05, 4.69) is 51.0 Å². The Morgan fingerprint density at radius 1 is 1.33 bits per heavy atom. The zero-order valence-corrected chi connectivity index (χ0v) is 11.9. The molecular formula is C15H24N2O. The summed E-state index contributed by atoms with van der Waals surface area (Å²) in [5.41, 5.74) is 10.1. The second-order valence-corrected chi connectivity index (χ2v) is 5.79. The number of hydrogen-bond acceptors (Lipinski definition) is 3. The topological polar surface area (TPSA) is 38.5 Å². The van der Waals surface area contributed by atoms with Crippen molar-refractivity contribution in [3.05, 3.63) is 34.9 Å². The van der Waals surface area contributed by atoms with Crippen LogP contribution in [0.4, 0.5) is 0 Å². The van der Waals surface area contributed by atoms with Gasteiger partial charge in [0.05, 0.1) is 13.2 Å². The molecule has 1 unspecified atom stereocenters. The molecule has 1 fully saturated rings. The summed E-state index contributed by atoms with van der Waals surface area (Å²) in [7, 11) is 4.25. The normalized spacial score (nSPS) is 19.7. The smallest absolute Gasteiger partial charge is 0.0575 e. The van der Waals surface area contributed by atoms with Crippen LogP contribution in [-0.4, -0.2) is 38.8 Å². The summed E-state index contributed by atoms with van der Waals surface area (Å²) in [6.45, 7) is 6.51. The minimum atomic E-state index is 0.0715. The molecule has 1 atom stereocenters. The summed E-state index contributed by atoms with van der Waals surface area (Å²) in [5, 5.41) is 0. The molecule has 1 aliphatic rings. The minimum Gasteiger partial charge on any atom is -0.380 e. The molecule has 3 nitrogen and oxygen atoms in total. The molecule has 18 heavy (non-hydrogen) atoms. The maximum Gasteiger partial charge on any atom is 0.0575 e. The summed E-state index contributed by atoms with van der Waals surface area (Å²) in [6, 6.07) is 6.98. The lowest BCUT2D eigenvalue weighted by Gasteiger charge is -2.49. The molecule has 0 aromatic heterocycles. The van der Waals surface area contributed by atoms with E-state index < -0.39 is 0 Å². The number of hydrogen-bond donors (Lipinski definition) is 1. The van der Waals surface area contributed by atoms with Gasteiger partial charge in [-0.2, -0.15) is 0 Å². The Balaban J connectivity index is 2.44. The van der Waals surface area contributed by atoms with Crippen molar-refractivity contribution in [3.63, 3.8) is 0 Å². The number of nitrogens with zero attached hydrogens (tertiary/aromatic N) is 1. The summed E-state index contributed by atoms with van der Waals surface area (Å²) < 4.78 is 5.45. The van der Waals surface area contributed by atoms with E-state index in [1.807, 2.05) is 0 Å². The zero-order valence-electron chi connectivity index (χ0n) is 11.9. The second-order valence-electron chi connectivity index (χ2n) is 5.79. The van der Waals surface area contributed by atoms with Gasteiger partial charge in [0, 0.05) is 18.0 Å². The lowest BCUT2D eigenvalue weighted by molar-refractivity contribution is -0.145. The third-order valence-electron chi connectivity index (χ3n) is 4.01. The van der Waals surface area contributed by atoms with Crippen molar-refractivity contribution in [2.24, 2.45) is 11.1 Å². The van der Waals surface area contributed by atoms with Gasteiger partial charge in [-0.05, 0) is 39.1 Å². The molecule has 0 spiro atoms. The molecule has 2 N–H and O–H groups in total. The Morgan fingerprint density at radius 2 is 2.00 bits per heavy atom. The van der Waals surface area contributed by atoms with Gasteiger partial charge in [-0.1, -0.05) is 23.8 Å². The fourth-order valence-electron chi connectivity index (χ4n) is 2.96. The van der Waals surface area contributed by atoms with E-state index >= 15 is 0 Å². The van der Waals surface area contributed by atoms with Crippen LogP contribution in [0.3, 0.4) is 0 Å². The molecule has 3 heteroatoms. The number of nitrogens with two attached hydrogens (primary N) is 1. The van der Waals surface area contributed by atoms with Crippen molar-refractivity contribution in [2.45, 2.75) is 19.9 Å². The molecule has 1 saturated heterocycles. The summed E-state index contributed by atoms with van der Waals surface area (Å²) in [6.07, 6.45) is 0. The standard InChI is InChI=1S/C15H24N2O/c1-11-5-6-12(2)13(7-11)14(17(3)4)15(8-16)9-18-10-15/h5-7,14H,8-10,16H2,1-4H3. The Hall–Kier alpha value is -0.900. The first-order chi connectivity index (χ1) is 8.50. The van der Waals surface area contributed by atoms with Crippen molar-refractivity contribution in [2.75, 3.05) is 33.9 Å². The van der Waals surface area contributed by atoms with E-state index in [-0.39, 0.29) is 5.41 Å². The van der Waals surface area contributed by atoms with E-state index in [9.17, 15) is 0 Å². The monoisotopic (exact) mass is 248 g/mol. The van der Waals surface area contributed by atoms with Crippen LogP contribution in [0.5, 0.6) is 0 Å². The van der Waals surface area contributed by atoms with Gasteiger partial charge in [0.2, 0.25) is 0 Å². The molecular weight excluding hydrogens is 224 g/mol.